The zero-order chi connectivity index (χ0) is 23.9. The lowest BCUT2D eigenvalue weighted by Crippen LogP contribution is -2.38. The third kappa shape index (κ3) is 6.07. The van der Waals surface area contributed by atoms with Gasteiger partial charge in [0, 0.05) is 42.5 Å². The number of hydrogen-bond donors (Lipinski definition) is 1. The summed E-state index contributed by atoms with van der Waals surface area (Å²) in [7, 11) is 1.88. The Labute approximate surface area is 202 Å². The highest BCUT2D eigenvalue weighted by molar-refractivity contribution is 6.31. The van der Waals surface area contributed by atoms with Crippen molar-refractivity contribution in [3.63, 3.8) is 0 Å². The van der Waals surface area contributed by atoms with Crippen molar-refractivity contribution in [3.8, 4) is 0 Å². The molecule has 4 rings (SSSR count). The number of likely N-dealkylation sites (N-methyl/N-ethyl adjacent to an activating group) is 1. The van der Waals surface area contributed by atoms with Crippen LogP contribution in [0.4, 0.5) is 15.0 Å². The van der Waals surface area contributed by atoms with Gasteiger partial charge in [-0.3, -0.25) is 15.2 Å². The Morgan fingerprint density at radius 3 is 2.68 bits per heavy atom. The zero-order valence-corrected chi connectivity index (χ0v) is 19.4. The molecule has 0 aliphatic carbocycles. The summed E-state index contributed by atoms with van der Waals surface area (Å²) in [5, 5.41) is 4.72. The molecule has 0 saturated heterocycles. The van der Waals surface area contributed by atoms with Crippen LogP contribution in [-0.2, 0) is 17.7 Å². The summed E-state index contributed by atoms with van der Waals surface area (Å²) >= 11 is 6.15. The summed E-state index contributed by atoms with van der Waals surface area (Å²) in [6.45, 7) is 0.477. The summed E-state index contributed by atoms with van der Waals surface area (Å²) in [6.07, 6.45) is 3.34. The number of pyridine rings is 2. The highest BCUT2D eigenvalue weighted by Gasteiger charge is 2.20. The summed E-state index contributed by atoms with van der Waals surface area (Å²) in [5.41, 5.74) is 1.50. The van der Waals surface area contributed by atoms with Crippen molar-refractivity contribution in [1.29, 1.82) is 0 Å². The largest absolute Gasteiger partial charge is 0.448 e. The number of hydrogen-bond acceptors (Lipinski definition) is 5. The number of halogens is 2. The first-order valence-electron chi connectivity index (χ1n) is 10.8. The maximum atomic E-state index is 13.9. The van der Waals surface area contributed by atoms with Gasteiger partial charge >= 0.3 is 6.09 Å². The van der Waals surface area contributed by atoms with Gasteiger partial charge in [0.1, 0.15) is 18.2 Å². The second kappa shape index (κ2) is 11.0. The lowest BCUT2D eigenvalue weighted by Gasteiger charge is -2.28. The molecule has 174 valence electrons. The number of fused-ring (bicyclic) bond motifs is 1. The fourth-order valence-electron chi connectivity index (χ4n) is 3.64. The number of carbonyl (C=O) groups is 1. The smallest absolute Gasteiger partial charge is 0.412 e. The van der Waals surface area contributed by atoms with Crippen molar-refractivity contribution >= 4 is 34.3 Å². The minimum atomic E-state index is -0.606. The molecule has 1 N–H and O–H groups in total. The summed E-state index contributed by atoms with van der Waals surface area (Å²) in [5.74, 6) is -0.0581. The maximum absolute atomic E-state index is 13.9. The normalized spacial score (nSPS) is 12.0. The van der Waals surface area contributed by atoms with Gasteiger partial charge in [0.15, 0.2) is 0 Å². The Morgan fingerprint density at radius 1 is 1.09 bits per heavy atom. The highest BCUT2D eigenvalue weighted by atomic mass is 35.5. The van der Waals surface area contributed by atoms with Crippen LogP contribution >= 0.6 is 11.6 Å². The van der Waals surface area contributed by atoms with Gasteiger partial charge in [0.25, 0.3) is 0 Å². The topological polar surface area (TPSA) is 67.3 Å². The molecule has 2 heterocycles. The van der Waals surface area contributed by atoms with Crippen LogP contribution in [0.25, 0.3) is 10.8 Å². The monoisotopic (exact) mass is 478 g/mol. The molecule has 0 aliphatic heterocycles. The van der Waals surface area contributed by atoms with Gasteiger partial charge in [-0.15, -0.1) is 0 Å². The van der Waals surface area contributed by atoms with Gasteiger partial charge in [-0.2, -0.15) is 0 Å². The van der Waals surface area contributed by atoms with Gasteiger partial charge in [-0.1, -0.05) is 54.1 Å². The van der Waals surface area contributed by atoms with E-state index in [9.17, 15) is 9.18 Å². The standard InChI is InChI=1S/C26H24ClFN4O2/c1-32(16-20-9-6-11-23(28)25(20)27)22(14-21-10-4-5-12-29-21)17-34-26(33)31-24-13-18-7-2-3-8-19(18)15-30-24/h2-13,15,22H,14,16-17H2,1H3,(H,30,31,33)/t22-/m0/s1. The van der Waals surface area contributed by atoms with E-state index < -0.39 is 11.9 Å². The first-order valence-corrected chi connectivity index (χ1v) is 11.2. The van der Waals surface area contributed by atoms with Crippen molar-refractivity contribution in [3.05, 3.63) is 101 Å². The number of aromatic nitrogens is 2. The van der Waals surface area contributed by atoms with Crippen LogP contribution in [0.2, 0.25) is 5.02 Å². The van der Waals surface area contributed by atoms with Gasteiger partial charge < -0.3 is 4.74 Å². The SMILES string of the molecule is CN(Cc1cccc(F)c1Cl)[C@H](COC(=O)Nc1cc2ccccc2cn1)Cc1ccccn1. The minimum Gasteiger partial charge on any atom is -0.448 e. The fourth-order valence-corrected chi connectivity index (χ4v) is 3.82. The van der Waals surface area contributed by atoms with E-state index in [0.717, 1.165) is 16.5 Å². The van der Waals surface area contributed by atoms with E-state index >= 15 is 0 Å². The molecule has 2 aromatic heterocycles. The Kier molecular flexibility index (Phi) is 7.67. The number of nitrogens with one attached hydrogen (secondary N) is 1. The van der Waals surface area contributed by atoms with Crippen molar-refractivity contribution in [1.82, 2.24) is 14.9 Å². The second-order valence-electron chi connectivity index (χ2n) is 7.95. The fraction of sp³-hybridized carbons (Fsp3) is 0.192. The van der Waals surface area contributed by atoms with Crippen LogP contribution in [0.5, 0.6) is 0 Å². The Hall–Kier alpha value is -3.55. The first-order chi connectivity index (χ1) is 16.5. The molecular weight excluding hydrogens is 455 g/mol. The summed E-state index contributed by atoms with van der Waals surface area (Å²) in [6, 6.07) is 19.7. The average Bonchev–Trinajstić information content (AvgIpc) is 2.85. The Bertz CT molecular complexity index is 1270. The molecule has 0 aliphatic rings. The zero-order valence-electron chi connectivity index (χ0n) is 18.6. The molecule has 1 atom stereocenters. The highest BCUT2D eigenvalue weighted by Crippen LogP contribution is 2.22. The maximum Gasteiger partial charge on any atom is 0.412 e. The number of nitrogens with zero attached hydrogens (tertiary/aromatic N) is 3. The van der Waals surface area contributed by atoms with E-state index in [2.05, 4.69) is 15.3 Å². The molecule has 4 aromatic rings. The molecule has 0 spiro atoms. The van der Waals surface area contributed by atoms with Gasteiger partial charge in [-0.05, 0) is 42.3 Å². The quantitative estimate of drug-likeness (QED) is 0.351. The van der Waals surface area contributed by atoms with Crippen LogP contribution in [0.1, 0.15) is 11.3 Å². The second-order valence-corrected chi connectivity index (χ2v) is 8.33. The van der Waals surface area contributed by atoms with Gasteiger partial charge in [0.2, 0.25) is 0 Å². The number of rotatable bonds is 8. The van der Waals surface area contributed by atoms with Crippen LogP contribution in [0, 0.1) is 5.82 Å². The predicted molar refractivity (Wildman–Crippen MR) is 131 cm³/mol. The molecule has 1 amide bonds. The number of carbonyl (C=O) groups excluding carboxylic acids is 1. The summed E-state index contributed by atoms with van der Waals surface area (Å²) < 4.78 is 19.4. The van der Waals surface area contributed by atoms with Crippen LogP contribution < -0.4 is 5.32 Å². The number of amides is 1. The van der Waals surface area contributed by atoms with Crippen molar-refractivity contribution in [2.75, 3.05) is 19.0 Å². The van der Waals surface area contributed by atoms with Crippen molar-refractivity contribution in [2.24, 2.45) is 0 Å². The van der Waals surface area contributed by atoms with Crippen LogP contribution in [0.3, 0.4) is 0 Å². The van der Waals surface area contributed by atoms with E-state index in [1.807, 2.05) is 54.4 Å². The average molecular weight is 479 g/mol. The van der Waals surface area contributed by atoms with E-state index in [-0.39, 0.29) is 17.7 Å². The molecule has 2 aromatic carbocycles. The van der Waals surface area contributed by atoms with Crippen molar-refractivity contribution in [2.45, 2.75) is 19.0 Å². The molecule has 0 radical (unpaired) electrons. The van der Waals surface area contributed by atoms with Gasteiger partial charge in [-0.25, -0.2) is 14.2 Å². The van der Waals surface area contributed by atoms with Gasteiger partial charge in [0.05, 0.1) is 5.02 Å². The number of ether oxygens (including phenoxy) is 1. The van der Waals surface area contributed by atoms with Crippen molar-refractivity contribution < 1.29 is 13.9 Å². The van der Waals surface area contributed by atoms with E-state index in [0.29, 0.717) is 24.3 Å². The summed E-state index contributed by atoms with van der Waals surface area (Å²) in [4.78, 5) is 23.1. The first kappa shape index (κ1) is 23.6. The van der Waals surface area contributed by atoms with E-state index in [1.165, 1.54) is 6.07 Å². The molecular formula is C26H24ClFN4O2. The predicted octanol–water partition coefficient (Wildman–Crippen LogP) is 5.71. The third-order valence-corrected chi connectivity index (χ3v) is 5.94. The Balaban J connectivity index is 1.43. The molecule has 6 nitrogen and oxygen atoms in total. The molecule has 0 unspecified atom stereocenters. The lowest BCUT2D eigenvalue weighted by molar-refractivity contribution is 0.107. The van der Waals surface area contributed by atoms with E-state index in [1.54, 1.807) is 30.6 Å². The molecule has 0 bridgehead atoms. The van der Waals surface area contributed by atoms with Crippen LogP contribution in [-0.4, -0.2) is 40.7 Å². The lowest BCUT2D eigenvalue weighted by atomic mass is 10.1. The number of anilines is 1. The molecule has 34 heavy (non-hydrogen) atoms. The molecule has 0 fully saturated rings. The van der Waals surface area contributed by atoms with E-state index in [4.69, 9.17) is 16.3 Å². The Morgan fingerprint density at radius 2 is 1.88 bits per heavy atom. The molecule has 0 saturated carbocycles. The minimum absolute atomic E-state index is 0.0898. The number of benzene rings is 2. The third-order valence-electron chi connectivity index (χ3n) is 5.51. The van der Waals surface area contributed by atoms with Crippen LogP contribution in [0.15, 0.2) is 79.1 Å². The molecule has 8 heteroatoms.